The molecule has 2 heterocycles. The number of aromatic nitrogens is 2. The first-order valence-electron chi connectivity index (χ1n) is 8.19. The molecule has 0 radical (unpaired) electrons. The highest BCUT2D eigenvalue weighted by Crippen LogP contribution is 2.23. The molecule has 1 saturated heterocycles. The fraction of sp³-hybridized carbons (Fsp3) is 0.389. The molecule has 2 N–H and O–H groups in total. The number of rotatable bonds is 7. The highest BCUT2D eigenvalue weighted by Gasteiger charge is 2.31. The monoisotopic (exact) mass is 343 g/mol. The van der Waals surface area contributed by atoms with Gasteiger partial charge in [-0.25, -0.2) is 4.79 Å². The number of carboxylic acid groups (broad SMARTS) is 1. The quantitative estimate of drug-likeness (QED) is 0.773. The van der Waals surface area contributed by atoms with Crippen molar-refractivity contribution < 1.29 is 19.7 Å². The van der Waals surface area contributed by atoms with Crippen LogP contribution in [0.3, 0.4) is 0 Å². The van der Waals surface area contributed by atoms with E-state index in [-0.39, 0.29) is 18.6 Å². The lowest BCUT2D eigenvalue weighted by atomic mass is 10.0. The fourth-order valence-electron chi connectivity index (χ4n) is 3.07. The Bertz CT molecular complexity index is 693. The van der Waals surface area contributed by atoms with E-state index in [1.807, 2.05) is 12.1 Å². The smallest absolute Gasteiger partial charge is 0.341 e. The number of carbonyl (C=O) groups is 1. The Morgan fingerprint density at radius 2 is 2.04 bits per heavy atom. The minimum atomic E-state index is -0.996. The lowest BCUT2D eigenvalue weighted by Gasteiger charge is -2.16. The maximum Gasteiger partial charge on any atom is 0.341 e. The van der Waals surface area contributed by atoms with Gasteiger partial charge in [-0.3, -0.25) is 14.9 Å². The third-order valence-corrected chi connectivity index (χ3v) is 4.26. The van der Waals surface area contributed by atoms with Gasteiger partial charge in [-0.05, 0) is 24.1 Å². The van der Waals surface area contributed by atoms with Gasteiger partial charge in [-0.2, -0.15) is 0 Å². The molecular formula is C18H21N3O4. The predicted octanol–water partition coefficient (Wildman–Crippen LogP) is 0.975. The summed E-state index contributed by atoms with van der Waals surface area (Å²) in [7, 11) is 0. The normalized spacial score (nSPS) is 20.5. The van der Waals surface area contributed by atoms with E-state index in [1.165, 1.54) is 0 Å². The molecule has 0 amide bonds. The number of aliphatic hydroxyl groups excluding tert-OH is 1. The van der Waals surface area contributed by atoms with Crippen LogP contribution in [0.4, 0.5) is 0 Å². The molecule has 1 aliphatic heterocycles. The number of carboxylic acids is 1. The lowest BCUT2D eigenvalue weighted by molar-refractivity contribution is -0.139. The molecule has 7 nitrogen and oxygen atoms in total. The summed E-state index contributed by atoms with van der Waals surface area (Å²) in [5.74, 6) is -0.313. The average molecular weight is 343 g/mol. The Morgan fingerprint density at radius 1 is 1.24 bits per heavy atom. The van der Waals surface area contributed by atoms with Crippen LogP contribution < -0.4 is 4.74 Å². The number of ether oxygens (including phenoxy) is 1. The number of hydrogen-bond donors (Lipinski definition) is 2. The molecule has 1 aromatic heterocycles. The van der Waals surface area contributed by atoms with Crippen LogP contribution in [0.5, 0.6) is 5.75 Å². The molecule has 2 atom stereocenters. The van der Waals surface area contributed by atoms with Crippen molar-refractivity contribution in [2.75, 3.05) is 19.7 Å². The summed E-state index contributed by atoms with van der Waals surface area (Å²) in [5.41, 5.74) is 1.99. The molecule has 0 saturated carbocycles. The van der Waals surface area contributed by atoms with Crippen molar-refractivity contribution in [2.24, 2.45) is 5.92 Å². The molecule has 0 spiro atoms. The zero-order valence-electron chi connectivity index (χ0n) is 13.8. The maximum atomic E-state index is 10.5. The summed E-state index contributed by atoms with van der Waals surface area (Å²) in [5, 5.41) is 18.9. The number of likely N-dealkylation sites (tertiary alicyclic amines) is 1. The molecule has 25 heavy (non-hydrogen) atoms. The van der Waals surface area contributed by atoms with Gasteiger partial charge in [-0.1, -0.05) is 12.1 Å². The summed E-state index contributed by atoms with van der Waals surface area (Å²) in [6.45, 7) is 1.81. The molecule has 0 bridgehead atoms. The van der Waals surface area contributed by atoms with Gasteiger partial charge in [0.25, 0.3) is 0 Å². The standard InChI is InChI=1S/C18H21N3O4/c22-17-11-21(10-14(17)7-15-8-19-5-6-20-15)9-13-1-3-16(4-2-13)25-12-18(23)24/h1-6,8,14,17,22H,7,9-12H2,(H,23,24). The summed E-state index contributed by atoms with van der Waals surface area (Å²) in [4.78, 5) is 21.0. The van der Waals surface area contributed by atoms with Crippen LogP contribution in [-0.2, 0) is 17.8 Å². The van der Waals surface area contributed by atoms with Crippen LogP contribution in [0.25, 0.3) is 0 Å². The van der Waals surface area contributed by atoms with E-state index in [1.54, 1.807) is 30.7 Å². The maximum absolute atomic E-state index is 10.5. The van der Waals surface area contributed by atoms with Gasteiger partial charge in [0.1, 0.15) is 5.75 Å². The zero-order valence-corrected chi connectivity index (χ0v) is 13.8. The SMILES string of the molecule is O=C(O)COc1ccc(CN2CC(O)C(Cc3cnccn3)C2)cc1. The first kappa shape index (κ1) is 17.3. The zero-order chi connectivity index (χ0) is 17.6. The van der Waals surface area contributed by atoms with Gasteiger partial charge in [-0.15, -0.1) is 0 Å². The van der Waals surface area contributed by atoms with E-state index in [0.29, 0.717) is 18.7 Å². The minimum absolute atomic E-state index is 0.148. The number of nitrogens with zero attached hydrogens (tertiary/aromatic N) is 3. The first-order chi connectivity index (χ1) is 12.1. The van der Waals surface area contributed by atoms with E-state index in [4.69, 9.17) is 9.84 Å². The molecule has 1 fully saturated rings. The second-order valence-electron chi connectivity index (χ2n) is 6.25. The third-order valence-electron chi connectivity index (χ3n) is 4.26. The average Bonchev–Trinajstić information content (AvgIpc) is 2.94. The topological polar surface area (TPSA) is 95.8 Å². The highest BCUT2D eigenvalue weighted by atomic mass is 16.5. The molecule has 1 aliphatic rings. The van der Waals surface area contributed by atoms with Crippen molar-refractivity contribution in [1.29, 1.82) is 0 Å². The van der Waals surface area contributed by atoms with Crippen molar-refractivity contribution in [3.05, 3.63) is 54.1 Å². The lowest BCUT2D eigenvalue weighted by Crippen LogP contribution is -2.21. The highest BCUT2D eigenvalue weighted by molar-refractivity contribution is 5.68. The van der Waals surface area contributed by atoms with E-state index in [2.05, 4.69) is 14.9 Å². The van der Waals surface area contributed by atoms with Crippen molar-refractivity contribution in [1.82, 2.24) is 14.9 Å². The fourth-order valence-corrected chi connectivity index (χ4v) is 3.07. The van der Waals surface area contributed by atoms with Crippen LogP contribution in [0.2, 0.25) is 0 Å². The van der Waals surface area contributed by atoms with Crippen LogP contribution in [0.15, 0.2) is 42.9 Å². The minimum Gasteiger partial charge on any atom is -0.482 e. The molecular weight excluding hydrogens is 322 g/mol. The summed E-state index contributed by atoms with van der Waals surface area (Å²) in [6, 6.07) is 7.36. The number of aliphatic hydroxyl groups is 1. The van der Waals surface area contributed by atoms with Crippen LogP contribution in [0, 0.1) is 5.92 Å². The Morgan fingerprint density at radius 3 is 2.72 bits per heavy atom. The third kappa shape index (κ3) is 4.98. The van der Waals surface area contributed by atoms with Crippen LogP contribution in [-0.4, -0.2) is 56.9 Å². The van der Waals surface area contributed by atoms with E-state index in [9.17, 15) is 9.90 Å². The van der Waals surface area contributed by atoms with Crippen LogP contribution in [0.1, 0.15) is 11.3 Å². The van der Waals surface area contributed by atoms with Gasteiger partial charge in [0, 0.05) is 44.1 Å². The Balaban J connectivity index is 1.52. The molecule has 1 aromatic carbocycles. The van der Waals surface area contributed by atoms with Crippen molar-refractivity contribution in [2.45, 2.75) is 19.1 Å². The van der Waals surface area contributed by atoms with E-state index < -0.39 is 5.97 Å². The number of hydrogen-bond acceptors (Lipinski definition) is 6. The first-order valence-corrected chi connectivity index (χ1v) is 8.19. The summed E-state index contributed by atoms with van der Waals surface area (Å²) in [6.07, 6.45) is 5.39. The van der Waals surface area contributed by atoms with Crippen molar-refractivity contribution in [3.8, 4) is 5.75 Å². The van der Waals surface area contributed by atoms with Crippen molar-refractivity contribution in [3.63, 3.8) is 0 Å². The molecule has 2 aromatic rings. The van der Waals surface area contributed by atoms with Gasteiger partial charge < -0.3 is 14.9 Å². The van der Waals surface area contributed by atoms with E-state index in [0.717, 1.165) is 24.3 Å². The van der Waals surface area contributed by atoms with Crippen LogP contribution >= 0.6 is 0 Å². The van der Waals surface area contributed by atoms with Gasteiger partial charge >= 0.3 is 5.97 Å². The number of benzene rings is 1. The predicted molar refractivity (Wildman–Crippen MR) is 90.1 cm³/mol. The summed E-state index contributed by atoms with van der Waals surface area (Å²) >= 11 is 0. The van der Waals surface area contributed by atoms with Gasteiger partial charge in [0.05, 0.1) is 11.8 Å². The Kier molecular flexibility index (Phi) is 5.57. The number of β-amino-alcohol motifs (C(OH)–C–C–N with tert-alkyl or cyclic N) is 1. The molecule has 2 unspecified atom stereocenters. The molecule has 0 aliphatic carbocycles. The molecule has 132 valence electrons. The van der Waals surface area contributed by atoms with Gasteiger partial charge in [0.15, 0.2) is 6.61 Å². The Labute approximate surface area is 145 Å². The molecule has 7 heteroatoms. The van der Waals surface area contributed by atoms with Gasteiger partial charge in [0.2, 0.25) is 0 Å². The second kappa shape index (κ2) is 8.04. The summed E-state index contributed by atoms with van der Waals surface area (Å²) < 4.78 is 5.13. The Hall–Kier alpha value is -2.51. The second-order valence-corrected chi connectivity index (χ2v) is 6.25. The number of aliphatic carboxylic acids is 1. The van der Waals surface area contributed by atoms with E-state index >= 15 is 0 Å². The molecule has 3 rings (SSSR count). The van der Waals surface area contributed by atoms with Crippen molar-refractivity contribution >= 4 is 5.97 Å². The largest absolute Gasteiger partial charge is 0.482 e.